The highest BCUT2D eigenvalue weighted by atomic mass is 16.5. The minimum atomic E-state index is -0.107. The lowest BCUT2D eigenvalue weighted by Gasteiger charge is -2.21. The minimum absolute atomic E-state index is 0.107. The third-order valence-electron chi connectivity index (χ3n) is 3.58. The first-order valence-electron chi connectivity index (χ1n) is 8.06. The largest absolute Gasteiger partial charge is 0.492 e. The maximum atomic E-state index is 12.2. The summed E-state index contributed by atoms with van der Waals surface area (Å²) in [6.45, 7) is 5.61. The van der Waals surface area contributed by atoms with Gasteiger partial charge in [0.2, 0.25) is 0 Å². The maximum absolute atomic E-state index is 12.2. The van der Waals surface area contributed by atoms with E-state index in [1.807, 2.05) is 55.5 Å². The van der Waals surface area contributed by atoms with Crippen molar-refractivity contribution in [1.29, 1.82) is 0 Å². The first kappa shape index (κ1) is 16.9. The summed E-state index contributed by atoms with van der Waals surface area (Å²) < 4.78 is 5.68. The SMILES string of the molecule is CCc1cccc(OCCNC(=O)N(CC)c2ccccc2)c1. The zero-order valence-electron chi connectivity index (χ0n) is 13.8. The van der Waals surface area contributed by atoms with Gasteiger partial charge in [-0.1, -0.05) is 37.3 Å². The zero-order chi connectivity index (χ0) is 16.5. The van der Waals surface area contributed by atoms with Crippen LogP contribution < -0.4 is 15.0 Å². The summed E-state index contributed by atoms with van der Waals surface area (Å²) in [4.78, 5) is 14.0. The van der Waals surface area contributed by atoms with E-state index in [1.165, 1.54) is 5.56 Å². The third kappa shape index (κ3) is 5.02. The number of hydrogen-bond donors (Lipinski definition) is 1. The number of urea groups is 1. The minimum Gasteiger partial charge on any atom is -0.492 e. The van der Waals surface area contributed by atoms with Gasteiger partial charge in [0.1, 0.15) is 12.4 Å². The van der Waals surface area contributed by atoms with Crippen molar-refractivity contribution in [3.8, 4) is 5.75 Å². The van der Waals surface area contributed by atoms with Crippen LogP contribution >= 0.6 is 0 Å². The lowest BCUT2D eigenvalue weighted by Crippen LogP contribution is -2.41. The van der Waals surface area contributed by atoms with Crippen LogP contribution in [0.15, 0.2) is 54.6 Å². The van der Waals surface area contributed by atoms with Gasteiger partial charge in [0.25, 0.3) is 0 Å². The van der Waals surface area contributed by atoms with Crippen molar-refractivity contribution in [2.24, 2.45) is 0 Å². The summed E-state index contributed by atoms with van der Waals surface area (Å²) in [6, 6.07) is 17.6. The van der Waals surface area contributed by atoms with Crippen molar-refractivity contribution < 1.29 is 9.53 Å². The molecule has 0 heterocycles. The van der Waals surface area contributed by atoms with Gasteiger partial charge in [0.05, 0.1) is 6.54 Å². The Kier molecular flexibility index (Phi) is 6.48. The first-order valence-corrected chi connectivity index (χ1v) is 8.06. The van der Waals surface area contributed by atoms with Gasteiger partial charge in [0.15, 0.2) is 0 Å². The van der Waals surface area contributed by atoms with Crippen LogP contribution in [-0.4, -0.2) is 25.7 Å². The molecule has 4 nitrogen and oxygen atoms in total. The molecule has 2 aromatic rings. The quantitative estimate of drug-likeness (QED) is 0.789. The molecule has 2 aromatic carbocycles. The van der Waals surface area contributed by atoms with Gasteiger partial charge in [-0.05, 0) is 43.2 Å². The van der Waals surface area contributed by atoms with Crippen molar-refractivity contribution in [3.63, 3.8) is 0 Å². The molecule has 0 atom stereocenters. The molecule has 122 valence electrons. The summed E-state index contributed by atoms with van der Waals surface area (Å²) in [5, 5.41) is 2.89. The molecule has 23 heavy (non-hydrogen) atoms. The Labute approximate surface area is 138 Å². The number of ether oxygens (including phenoxy) is 1. The van der Waals surface area contributed by atoms with Crippen LogP contribution in [0.2, 0.25) is 0 Å². The van der Waals surface area contributed by atoms with E-state index < -0.39 is 0 Å². The number of nitrogens with zero attached hydrogens (tertiary/aromatic N) is 1. The van der Waals surface area contributed by atoms with E-state index in [4.69, 9.17) is 4.74 Å². The van der Waals surface area contributed by atoms with E-state index in [-0.39, 0.29) is 6.03 Å². The molecular formula is C19H24N2O2. The normalized spacial score (nSPS) is 10.2. The number of carbonyl (C=O) groups excluding carboxylic acids is 1. The Morgan fingerprint density at radius 1 is 1.09 bits per heavy atom. The second-order valence-corrected chi connectivity index (χ2v) is 5.16. The molecule has 0 saturated carbocycles. The summed E-state index contributed by atoms with van der Waals surface area (Å²) in [6.07, 6.45) is 0.983. The van der Waals surface area contributed by atoms with Gasteiger partial charge in [-0.2, -0.15) is 0 Å². The molecule has 0 unspecified atom stereocenters. The highest BCUT2D eigenvalue weighted by Gasteiger charge is 2.12. The Bertz CT molecular complexity index is 614. The molecule has 2 amide bonds. The molecular weight excluding hydrogens is 288 g/mol. The number of anilines is 1. The van der Waals surface area contributed by atoms with Crippen molar-refractivity contribution in [2.75, 3.05) is 24.6 Å². The topological polar surface area (TPSA) is 41.6 Å². The van der Waals surface area contributed by atoms with Crippen LogP contribution in [0.25, 0.3) is 0 Å². The van der Waals surface area contributed by atoms with Crippen LogP contribution in [0.1, 0.15) is 19.4 Å². The van der Waals surface area contributed by atoms with Gasteiger partial charge in [0, 0.05) is 12.2 Å². The fraction of sp³-hybridized carbons (Fsp3) is 0.316. The van der Waals surface area contributed by atoms with Crippen molar-refractivity contribution >= 4 is 11.7 Å². The average molecular weight is 312 g/mol. The summed E-state index contributed by atoms with van der Waals surface area (Å²) in [5.74, 6) is 0.842. The molecule has 0 fully saturated rings. The van der Waals surface area contributed by atoms with Gasteiger partial charge >= 0.3 is 6.03 Å². The summed E-state index contributed by atoms with van der Waals surface area (Å²) >= 11 is 0. The fourth-order valence-electron chi connectivity index (χ4n) is 2.33. The van der Waals surface area contributed by atoms with Gasteiger partial charge in [-0.25, -0.2) is 4.79 Å². The van der Waals surface area contributed by atoms with E-state index in [0.717, 1.165) is 17.9 Å². The van der Waals surface area contributed by atoms with Crippen molar-refractivity contribution in [2.45, 2.75) is 20.3 Å². The Hall–Kier alpha value is -2.49. The number of aryl methyl sites for hydroxylation is 1. The predicted molar refractivity (Wildman–Crippen MR) is 94.2 cm³/mol. The Balaban J connectivity index is 1.79. The Morgan fingerprint density at radius 3 is 2.57 bits per heavy atom. The van der Waals surface area contributed by atoms with Gasteiger partial charge in [-0.15, -0.1) is 0 Å². The second-order valence-electron chi connectivity index (χ2n) is 5.16. The zero-order valence-corrected chi connectivity index (χ0v) is 13.8. The predicted octanol–water partition coefficient (Wildman–Crippen LogP) is 3.86. The number of carbonyl (C=O) groups is 1. The average Bonchev–Trinajstić information content (AvgIpc) is 2.60. The molecule has 0 bridgehead atoms. The van der Waals surface area contributed by atoms with E-state index >= 15 is 0 Å². The van der Waals surface area contributed by atoms with Crippen LogP contribution in [0.4, 0.5) is 10.5 Å². The number of amides is 2. The lowest BCUT2D eigenvalue weighted by atomic mass is 10.2. The lowest BCUT2D eigenvalue weighted by molar-refractivity contribution is 0.242. The molecule has 0 spiro atoms. The van der Waals surface area contributed by atoms with Crippen molar-refractivity contribution in [3.05, 3.63) is 60.2 Å². The molecule has 0 aliphatic heterocycles. The standard InChI is InChI=1S/C19H24N2O2/c1-3-16-9-8-12-18(15-16)23-14-13-20-19(22)21(4-2)17-10-6-5-7-11-17/h5-12,15H,3-4,13-14H2,1-2H3,(H,20,22). The number of benzene rings is 2. The molecule has 0 radical (unpaired) electrons. The molecule has 0 aliphatic rings. The molecule has 0 aromatic heterocycles. The van der Waals surface area contributed by atoms with Crippen molar-refractivity contribution in [1.82, 2.24) is 5.32 Å². The first-order chi connectivity index (χ1) is 11.2. The molecule has 0 saturated heterocycles. The maximum Gasteiger partial charge on any atom is 0.321 e. The van der Waals surface area contributed by atoms with Crippen LogP contribution in [0, 0.1) is 0 Å². The van der Waals surface area contributed by atoms with Crippen LogP contribution in [-0.2, 0) is 6.42 Å². The third-order valence-corrected chi connectivity index (χ3v) is 3.58. The molecule has 2 rings (SSSR count). The van der Waals surface area contributed by atoms with Crippen LogP contribution in [0.3, 0.4) is 0 Å². The molecule has 4 heteroatoms. The van der Waals surface area contributed by atoms with Gasteiger partial charge < -0.3 is 10.1 Å². The fourth-order valence-corrected chi connectivity index (χ4v) is 2.33. The monoisotopic (exact) mass is 312 g/mol. The van der Waals surface area contributed by atoms with Gasteiger partial charge in [-0.3, -0.25) is 4.90 Å². The number of hydrogen-bond acceptors (Lipinski definition) is 2. The number of nitrogens with one attached hydrogen (secondary N) is 1. The highest BCUT2D eigenvalue weighted by Crippen LogP contribution is 2.14. The second kappa shape index (κ2) is 8.83. The van der Waals surface area contributed by atoms with E-state index in [1.54, 1.807) is 4.90 Å². The number of para-hydroxylation sites is 1. The summed E-state index contributed by atoms with van der Waals surface area (Å²) in [5.41, 5.74) is 2.14. The highest BCUT2D eigenvalue weighted by molar-refractivity contribution is 5.91. The molecule has 1 N–H and O–H groups in total. The Morgan fingerprint density at radius 2 is 1.87 bits per heavy atom. The van der Waals surface area contributed by atoms with Crippen LogP contribution in [0.5, 0.6) is 5.75 Å². The summed E-state index contributed by atoms with van der Waals surface area (Å²) in [7, 11) is 0. The molecule has 0 aliphatic carbocycles. The van der Waals surface area contributed by atoms with E-state index in [9.17, 15) is 4.79 Å². The number of rotatable bonds is 7. The smallest absolute Gasteiger partial charge is 0.321 e. The van der Waals surface area contributed by atoms with E-state index in [0.29, 0.717) is 19.7 Å². The van der Waals surface area contributed by atoms with E-state index in [2.05, 4.69) is 18.3 Å².